The Labute approximate surface area is 119 Å². The third-order valence-corrected chi connectivity index (χ3v) is 6.64. The summed E-state index contributed by atoms with van der Waals surface area (Å²) in [6, 6.07) is 3.64. The number of hydrogen-bond acceptors (Lipinski definition) is 4. The van der Waals surface area contributed by atoms with E-state index in [4.69, 9.17) is 0 Å². The molecule has 0 aliphatic heterocycles. The zero-order chi connectivity index (χ0) is 14.1. The van der Waals surface area contributed by atoms with Crippen molar-refractivity contribution >= 4 is 21.4 Å². The van der Waals surface area contributed by atoms with E-state index in [-0.39, 0.29) is 11.5 Å². The molecule has 0 radical (unpaired) electrons. The molecule has 1 atom stereocenters. The molecule has 0 saturated heterocycles. The fraction of sp³-hybridized carbons (Fsp3) is 0.692. The molecule has 0 spiro atoms. The zero-order valence-electron chi connectivity index (χ0n) is 11.7. The van der Waals surface area contributed by atoms with Crippen LogP contribution in [0.2, 0.25) is 0 Å². The number of thiophene rings is 1. The van der Waals surface area contributed by atoms with E-state index in [0.29, 0.717) is 10.8 Å². The highest BCUT2D eigenvalue weighted by Gasteiger charge is 2.33. The lowest BCUT2D eigenvalue weighted by atomic mass is 9.92. The van der Waals surface area contributed by atoms with Crippen molar-refractivity contribution in [3.8, 4) is 0 Å². The molecule has 1 aliphatic rings. The van der Waals surface area contributed by atoms with Crippen LogP contribution in [-0.4, -0.2) is 21.5 Å². The molecular formula is C13H22N2O2S2. The second-order valence-corrected chi connectivity index (χ2v) is 9.09. The summed E-state index contributed by atoms with van der Waals surface area (Å²) in [5, 5.41) is 3.03. The van der Waals surface area contributed by atoms with Crippen LogP contribution in [0.25, 0.3) is 0 Å². The van der Waals surface area contributed by atoms with Crippen LogP contribution in [0, 0.1) is 5.41 Å². The minimum Gasteiger partial charge on any atom is -0.315 e. The van der Waals surface area contributed by atoms with Crippen molar-refractivity contribution in [1.82, 2.24) is 10.0 Å². The van der Waals surface area contributed by atoms with Crippen molar-refractivity contribution in [1.29, 1.82) is 0 Å². The lowest BCUT2D eigenvalue weighted by Gasteiger charge is -2.17. The van der Waals surface area contributed by atoms with Crippen LogP contribution in [0.1, 0.15) is 38.0 Å². The largest absolute Gasteiger partial charge is 0.315 e. The van der Waals surface area contributed by atoms with Gasteiger partial charge in [0.2, 0.25) is 10.0 Å². The van der Waals surface area contributed by atoms with Gasteiger partial charge in [-0.05, 0) is 43.9 Å². The number of hydrogen-bond donors (Lipinski definition) is 2. The predicted octanol–water partition coefficient (Wildman–Crippen LogP) is 2.32. The Hall–Kier alpha value is -0.430. The van der Waals surface area contributed by atoms with Crippen molar-refractivity contribution < 1.29 is 8.42 Å². The maximum Gasteiger partial charge on any atom is 0.250 e. The molecule has 1 unspecified atom stereocenters. The van der Waals surface area contributed by atoms with Crippen molar-refractivity contribution in [2.75, 3.05) is 7.05 Å². The molecule has 1 fully saturated rings. The molecule has 1 aromatic heterocycles. The molecule has 1 heterocycles. The van der Waals surface area contributed by atoms with Crippen LogP contribution in [-0.2, 0) is 16.6 Å². The number of nitrogens with one attached hydrogen (secondary N) is 2. The summed E-state index contributed by atoms with van der Waals surface area (Å²) in [7, 11) is -1.50. The van der Waals surface area contributed by atoms with E-state index in [0.717, 1.165) is 24.1 Å². The normalized spacial score (nSPS) is 22.8. The van der Waals surface area contributed by atoms with Crippen LogP contribution < -0.4 is 10.0 Å². The van der Waals surface area contributed by atoms with Gasteiger partial charge in [-0.25, -0.2) is 13.1 Å². The summed E-state index contributed by atoms with van der Waals surface area (Å²) in [5.74, 6) is 0. The van der Waals surface area contributed by atoms with Crippen LogP contribution in [0.15, 0.2) is 16.3 Å². The molecule has 0 amide bonds. The topological polar surface area (TPSA) is 58.2 Å². The van der Waals surface area contributed by atoms with Gasteiger partial charge in [0, 0.05) is 17.5 Å². The van der Waals surface area contributed by atoms with Crippen LogP contribution >= 0.6 is 11.3 Å². The quantitative estimate of drug-likeness (QED) is 0.877. The summed E-state index contributed by atoms with van der Waals surface area (Å²) in [4.78, 5) is 1.04. The average Bonchev–Trinajstić information content (AvgIpc) is 2.86. The van der Waals surface area contributed by atoms with Gasteiger partial charge in [0.25, 0.3) is 0 Å². The SMILES string of the molecule is CNCc1ccc(S(=O)(=O)NC2CCC(C)(C)C2)s1. The predicted molar refractivity (Wildman–Crippen MR) is 78.8 cm³/mol. The first-order chi connectivity index (χ1) is 8.82. The third-order valence-electron chi connectivity index (χ3n) is 3.54. The molecule has 6 heteroatoms. The van der Waals surface area contributed by atoms with E-state index >= 15 is 0 Å². The summed E-state index contributed by atoms with van der Waals surface area (Å²) in [6.07, 6.45) is 2.93. The molecule has 0 aromatic carbocycles. The maximum atomic E-state index is 12.3. The van der Waals surface area contributed by atoms with Gasteiger partial charge in [-0.1, -0.05) is 13.8 Å². The molecule has 0 bridgehead atoms. The Morgan fingerprint density at radius 2 is 2.16 bits per heavy atom. The fourth-order valence-electron chi connectivity index (χ4n) is 2.59. The van der Waals surface area contributed by atoms with Crippen LogP contribution in [0.3, 0.4) is 0 Å². The molecule has 19 heavy (non-hydrogen) atoms. The standard InChI is InChI=1S/C13H22N2O2S2/c1-13(2)7-6-10(8-13)15-19(16,17)12-5-4-11(18-12)9-14-3/h4-5,10,14-15H,6-9H2,1-3H3. The summed E-state index contributed by atoms with van der Waals surface area (Å²) in [6.45, 7) is 5.09. The summed E-state index contributed by atoms with van der Waals surface area (Å²) >= 11 is 1.33. The fourth-order valence-corrected chi connectivity index (χ4v) is 5.24. The number of sulfonamides is 1. The first-order valence-electron chi connectivity index (χ1n) is 6.58. The minimum atomic E-state index is -3.35. The number of rotatable bonds is 5. The molecule has 1 aliphatic carbocycles. The summed E-state index contributed by atoms with van der Waals surface area (Å²) < 4.78 is 27.9. The summed E-state index contributed by atoms with van der Waals surface area (Å²) in [5.41, 5.74) is 0.250. The lowest BCUT2D eigenvalue weighted by molar-refractivity contribution is 0.372. The molecule has 108 valence electrons. The van der Waals surface area contributed by atoms with Crippen LogP contribution in [0.5, 0.6) is 0 Å². The monoisotopic (exact) mass is 302 g/mol. The van der Waals surface area contributed by atoms with Gasteiger partial charge in [-0.15, -0.1) is 11.3 Å². The maximum absolute atomic E-state index is 12.3. The van der Waals surface area contributed by atoms with Gasteiger partial charge in [0.05, 0.1) is 0 Å². The molecular weight excluding hydrogens is 280 g/mol. The van der Waals surface area contributed by atoms with Gasteiger partial charge in [0.15, 0.2) is 0 Å². The Balaban J connectivity index is 2.05. The van der Waals surface area contributed by atoms with E-state index in [1.54, 1.807) is 6.07 Å². The Bertz CT molecular complexity index is 535. The van der Waals surface area contributed by atoms with E-state index in [1.807, 2.05) is 13.1 Å². The second-order valence-electron chi connectivity index (χ2n) is 5.98. The van der Waals surface area contributed by atoms with Crippen molar-refractivity contribution in [2.45, 2.75) is 49.9 Å². The lowest BCUT2D eigenvalue weighted by Crippen LogP contribution is -2.33. The van der Waals surface area contributed by atoms with E-state index < -0.39 is 10.0 Å². The Morgan fingerprint density at radius 1 is 1.42 bits per heavy atom. The third kappa shape index (κ3) is 3.78. The minimum absolute atomic E-state index is 0.0786. The van der Waals surface area contributed by atoms with Crippen molar-refractivity contribution in [3.05, 3.63) is 17.0 Å². The highest BCUT2D eigenvalue weighted by Crippen LogP contribution is 2.37. The Morgan fingerprint density at radius 3 is 2.74 bits per heavy atom. The molecule has 2 rings (SSSR count). The van der Waals surface area contributed by atoms with Gasteiger partial charge in [-0.3, -0.25) is 0 Å². The van der Waals surface area contributed by atoms with Gasteiger partial charge in [-0.2, -0.15) is 0 Å². The first kappa shape index (κ1) is 15.0. The second kappa shape index (κ2) is 5.52. The van der Waals surface area contributed by atoms with Gasteiger partial charge < -0.3 is 5.32 Å². The van der Waals surface area contributed by atoms with E-state index in [9.17, 15) is 8.42 Å². The highest BCUT2D eigenvalue weighted by molar-refractivity contribution is 7.91. The van der Waals surface area contributed by atoms with Gasteiger partial charge in [0.1, 0.15) is 4.21 Å². The molecule has 4 nitrogen and oxygen atoms in total. The van der Waals surface area contributed by atoms with Crippen molar-refractivity contribution in [2.24, 2.45) is 5.41 Å². The molecule has 2 N–H and O–H groups in total. The zero-order valence-corrected chi connectivity index (χ0v) is 13.3. The first-order valence-corrected chi connectivity index (χ1v) is 8.88. The smallest absolute Gasteiger partial charge is 0.250 e. The highest BCUT2D eigenvalue weighted by atomic mass is 32.2. The molecule has 1 aromatic rings. The molecule has 1 saturated carbocycles. The van der Waals surface area contributed by atoms with E-state index in [2.05, 4.69) is 23.9 Å². The van der Waals surface area contributed by atoms with E-state index in [1.165, 1.54) is 11.3 Å². The Kier molecular flexibility index (Phi) is 4.35. The average molecular weight is 302 g/mol. The van der Waals surface area contributed by atoms with Crippen LogP contribution in [0.4, 0.5) is 0 Å². The van der Waals surface area contributed by atoms with Crippen molar-refractivity contribution in [3.63, 3.8) is 0 Å². The van der Waals surface area contributed by atoms with Gasteiger partial charge >= 0.3 is 0 Å².